The van der Waals surface area contributed by atoms with Crippen LogP contribution < -0.4 is 0 Å². The molecule has 0 heterocycles. The Labute approximate surface area is 137 Å². The van der Waals surface area contributed by atoms with Crippen LogP contribution in [-0.2, 0) is 0 Å². The Morgan fingerprint density at radius 1 is 1.05 bits per heavy atom. The third-order valence-corrected chi connectivity index (χ3v) is 7.47. The van der Waals surface area contributed by atoms with E-state index in [0.29, 0.717) is 5.41 Å². The molecule has 22 heavy (non-hydrogen) atoms. The van der Waals surface area contributed by atoms with E-state index in [1.807, 2.05) is 0 Å². The van der Waals surface area contributed by atoms with Gasteiger partial charge in [0.05, 0.1) is 0 Å². The number of hydrogen-bond donors (Lipinski definition) is 0. The van der Waals surface area contributed by atoms with Crippen LogP contribution in [0.3, 0.4) is 0 Å². The standard InChI is InChI=1S/C22H34/c1-15-13-17(3)20(14-16(15)2)10-9-19-7-6-12-22(5)18(4)8-11-21(19)22/h9-10,15-16,18,21H,3,6-8,11-14H2,1-2,4-5H3/b19-9+,20-10+. The van der Waals surface area contributed by atoms with Gasteiger partial charge in [0.25, 0.3) is 0 Å². The monoisotopic (exact) mass is 298 g/mol. The summed E-state index contributed by atoms with van der Waals surface area (Å²) >= 11 is 0. The zero-order valence-corrected chi connectivity index (χ0v) is 15.1. The fourth-order valence-electron chi connectivity index (χ4n) is 5.30. The molecule has 0 bridgehead atoms. The minimum absolute atomic E-state index is 0.577. The summed E-state index contributed by atoms with van der Waals surface area (Å²) in [7, 11) is 0. The molecule has 3 saturated carbocycles. The molecule has 0 saturated heterocycles. The van der Waals surface area contributed by atoms with Crippen LogP contribution >= 0.6 is 0 Å². The van der Waals surface area contributed by atoms with E-state index in [9.17, 15) is 0 Å². The Kier molecular flexibility index (Phi) is 4.40. The largest absolute Gasteiger partial charge is 0.0955 e. The van der Waals surface area contributed by atoms with Gasteiger partial charge in [-0.3, -0.25) is 0 Å². The van der Waals surface area contributed by atoms with Crippen LogP contribution in [0.2, 0.25) is 0 Å². The van der Waals surface area contributed by atoms with Crippen LogP contribution in [0, 0.1) is 29.1 Å². The lowest BCUT2D eigenvalue weighted by atomic mass is 9.64. The molecule has 0 radical (unpaired) electrons. The number of rotatable bonds is 1. The van der Waals surface area contributed by atoms with E-state index < -0.39 is 0 Å². The smallest absolute Gasteiger partial charge is 0.0143 e. The molecule has 0 aromatic heterocycles. The maximum Gasteiger partial charge on any atom is -0.0143 e. The van der Waals surface area contributed by atoms with E-state index in [-0.39, 0.29) is 0 Å². The van der Waals surface area contributed by atoms with Crippen molar-refractivity contribution in [2.45, 2.75) is 72.6 Å². The average Bonchev–Trinajstić information content (AvgIpc) is 2.78. The van der Waals surface area contributed by atoms with Gasteiger partial charge < -0.3 is 0 Å². The minimum atomic E-state index is 0.577. The van der Waals surface area contributed by atoms with Crippen LogP contribution in [0.4, 0.5) is 0 Å². The van der Waals surface area contributed by atoms with E-state index in [2.05, 4.69) is 46.4 Å². The van der Waals surface area contributed by atoms with E-state index >= 15 is 0 Å². The fraction of sp³-hybridized carbons (Fsp3) is 0.727. The molecule has 0 aromatic carbocycles. The Hall–Kier alpha value is -0.780. The quantitative estimate of drug-likeness (QED) is 0.505. The van der Waals surface area contributed by atoms with Crippen LogP contribution in [0.5, 0.6) is 0 Å². The summed E-state index contributed by atoms with van der Waals surface area (Å²) in [5, 5.41) is 0. The maximum atomic E-state index is 4.34. The van der Waals surface area contributed by atoms with Gasteiger partial charge >= 0.3 is 0 Å². The summed E-state index contributed by atoms with van der Waals surface area (Å²) in [6, 6.07) is 0. The Balaban J connectivity index is 1.80. The average molecular weight is 299 g/mol. The molecule has 5 atom stereocenters. The van der Waals surface area contributed by atoms with Gasteiger partial charge in [0.1, 0.15) is 0 Å². The van der Waals surface area contributed by atoms with Gasteiger partial charge in [0.2, 0.25) is 0 Å². The van der Waals surface area contributed by atoms with E-state index in [0.717, 1.165) is 23.7 Å². The van der Waals surface area contributed by atoms with Gasteiger partial charge in [-0.05, 0) is 79.6 Å². The third-order valence-electron chi connectivity index (χ3n) is 7.47. The molecular weight excluding hydrogens is 264 g/mol. The predicted octanol–water partition coefficient (Wildman–Crippen LogP) is 6.70. The van der Waals surface area contributed by atoms with E-state index in [1.165, 1.54) is 56.1 Å². The first-order valence-corrected chi connectivity index (χ1v) is 9.49. The number of allylic oxidation sites excluding steroid dienone is 5. The Morgan fingerprint density at radius 3 is 2.55 bits per heavy atom. The molecule has 0 aromatic rings. The lowest BCUT2D eigenvalue weighted by molar-refractivity contribution is 0.147. The van der Waals surface area contributed by atoms with Gasteiger partial charge in [-0.15, -0.1) is 0 Å². The SMILES string of the molecule is C=C1CC(C)C(C)C/C1=C\C=C1/CCCC2(C)C(C)CCC12. The molecule has 3 fully saturated rings. The second kappa shape index (κ2) is 6.02. The van der Waals surface area contributed by atoms with E-state index in [4.69, 9.17) is 0 Å². The first-order chi connectivity index (χ1) is 10.4. The van der Waals surface area contributed by atoms with Crippen LogP contribution in [-0.4, -0.2) is 0 Å². The van der Waals surface area contributed by atoms with Crippen molar-refractivity contribution in [2.24, 2.45) is 29.1 Å². The van der Waals surface area contributed by atoms with Crippen molar-refractivity contribution in [2.75, 3.05) is 0 Å². The highest BCUT2D eigenvalue weighted by atomic mass is 14.5. The molecular formula is C22H34. The molecule has 3 aliphatic rings. The van der Waals surface area contributed by atoms with Gasteiger partial charge in [-0.1, -0.05) is 57.6 Å². The second-order valence-corrected chi connectivity index (χ2v) is 8.79. The van der Waals surface area contributed by atoms with Gasteiger partial charge in [0.15, 0.2) is 0 Å². The fourth-order valence-corrected chi connectivity index (χ4v) is 5.30. The molecule has 0 N–H and O–H groups in total. The van der Waals surface area contributed by atoms with Gasteiger partial charge in [-0.25, -0.2) is 0 Å². The zero-order chi connectivity index (χ0) is 15.9. The van der Waals surface area contributed by atoms with Crippen molar-refractivity contribution in [1.82, 2.24) is 0 Å². The summed E-state index contributed by atoms with van der Waals surface area (Å²) in [5.41, 5.74) is 5.23. The molecule has 122 valence electrons. The van der Waals surface area contributed by atoms with Crippen molar-refractivity contribution in [3.63, 3.8) is 0 Å². The summed E-state index contributed by atoms with van der Waals surface area (Å²) in [4.78, 5) is 0. The van der Waals surface area contributed by atoms with Crippen molar-refractivity contribution in [3.8, 4) is 0 Å². The van der Waals surface area contributed by atoms with Crippen LogP contribution in [0.25, 0.3) is 0 Å². The molecule has 0 nitrogen and oxygen atoms in total. The van der Waals surface area contributed by atoms with Gasteiger partial charge in [-0.2, -0.15) is 0 Å². The summed E-state index contributed by atoms with van der Waals surface area (Å²) < 4.78 is 0. The molecule has 3 rings (SSSR count). The summed E-state index contributed by atoms with van der Waals surface area (Å²) in [5.74, 6) is 3.35. The molecule has 5 unspecified atom stereocenters. The molecule has 0 aliphatic heterocycles. The molecule has 0 spiro atoms. The highest BCUT2D eigenvalue weighted by Crippen LogP contribution is 2.57. The zero-order valence-electron chi connectivity index (χ0n) is 15.1. The van der Waals surface area contributed by atoms with E-state index in [1.54, 1.807) is 5.57 Å². The van der Waals surface area contributed by atoms with Crippen LogP contribution in [0.1, 0.15) is 72.6 Å². The molecule has 3 aliphatic carbocycles. The number of hydrogen-bond acceptors (Lipinski definition) is 0. The highest BCUT2D eigenvalue weighted by Gasteiger charge is 2.46. The summed E-state index contributed by atoms with van der Waals surface area (Å²) in [6.07, 6.45) is 14.4. The first kappa shape index (κ1) is 16.1. The lowest BCUT2D eigenvalue weighted by Gasteiger charge is -2.41. The molecule has 0 heteroatoms. The van der Waals surface area contributed by atoms with Crippen molar-refractivity contribution in [1.29, 1.82) is 0 Å². The van der Waals surface area contributed by atoms with Gasteiger partial charge in [0, 0.05) is 0 Å². The Bertz CT molecular complexity index is 506. The topological polar surface area (TPSA) is 0 Å². The third kappa shape index (κ3) is 2.74. The highest BCUT2D eigenvalue weighted by molar-refractivity contribution is 5.36. The number of fused-ring (bicyclic) bond motifs is 1. The normalized spacial score (nSPS) is 46.3. The van der Waals surface area contributed by atoms with Crippen molar-refractivity contribution in [3.05, 3.63) is 35.5 Å². The van der Waals surface area contributed by atoms with Crippen molar-refractivity contribution < 1.29 is 0 Å². The van der Waals surface area contributed by atoms with Crippen molar-refractivity contribution >= 4 is 0 Å². The lowest BCUT2D eigenvalue weighted by Crippen LogP contribution is -2.31. The second-order valence-electron chi connectivity index (χ2n) is 8.79. The Morgan fingerprint density at radius 2 is 1.77 bits per heavy atom. The first-order valence-electron chi connectivity index (χ1n) is 9.49. The van der Waals surface area contributed by atoms with Crippen LogP contribution in [0.15, 0.2) is 35.5 Å². The maximum absolute atomic E-state index is 4.34. The molecule has 0 amide bonds. The summed E-state index contributed by atoms with van der Waals surface area (Å²) in [6.45, 7) is 14.1. The predicted molar refractivity (Wildman–Crippen MR) is 96.7 cm³/mol. The minimum Gasteiger partial charge on any atom is -0.0955 e.